The van der Waals surface area contributed by atoms with Crippen LogP contribution >= 0.6 is 11.8 Å². The molecule has 3 unspecified atom stereocenters. The molecule has 3 nitrogen and oxygen atoms in total. The van der Waals surface area contributed by atoms with Crippen molar-refractivity contribution in [1.29, 1.82) is 0 Å². The molecule has 0 saturated carbocycles. The smallest absolute Gasteiger partial charge is 0.0640 e. The van der Waals surface area contributed by atoms with Gasteiger partial charge in [-0.2, -0.15) is 16.9 Å². The largest absolute Gasteiger partial charge is 0.316 e. The van der Waals surface area contributed by atoms with Crippen molar-refractivity contribution in [3.63, 3.8) is 0 Å². The van der Waals surface area contributed by atoms with Crippen LogP contribution in [0.25, 0.3) is 0 Å². The van der Waals surface area contributed by atoms with E-state index in [9.17, 15) is 0 Å². The summed E-state index contributed by atoms with van der Waals surface area (Å²) in [5.74, 6) is 1.32. The fourth-order valence-electron chi connectivity index (χ4n) is 2.65. The fourth-order valence-corrected chi connectivity index (χ4v) is 4.12. The van der Waals surface area contributed by atoms with Crippen molar-refractivity contribution in [3.05, 3.63) is 18.0 Å². The molecule has 0 bridgehead atoms. The Morgan fingerprint density at radius 3 is 3.00 bits per heavy atom. The molecule has 0 aromatic carbocycles. The molecule has 2 heterocycles. The number of likely N-dealkylation sites (N-methyl/N-ethyl adjacent to an activating group) is 1. The molecule has 4 heteroatoms. The Balaban J connectivity index is 1.95. The number of thioether (sulfide) groups is 1. The third kappa shape index (κ3) is 3.99. The maximum atomic E-state index is 4.73. The molecule has 3 atom stereocenters. The van der Waals surface area contributed by atoms with E-state index in [1.54, 1.807) is 0 Å². The van der Waals surface area contributed by atoms with E-state index in [0.717, 1.165) is 18.1 Å². The van der Waals surface area contributed by atoms with Crippen molar-refractivity contribution in [1.82, 2.24) is 15.1 Å². The second-order valence-electron chi connectivity index (χ2n) is 5.55. The van der Waals surface area contributed by atoms with Crippen LogP contribution in [0, 0.1) is 0 Å². The van der Waals surface area contributed by atoms with Gasteiger partial charge < -0.3 is 5.32 Å². The second-order valence-corrected chi connectivity index (χ2v) is 6.90. The summed E-state index contributed by atoms with van der Waals surface area (Å²) in [6, 6.07) is 3.25. The van der Waals surface area contributed by atoms with Gasteiger partial charge in [-0.1, -0.05) is 13.3 Å². The highest BCUT2D eigenvalue weighted by atomic mass is 32.2. The number of rotatable bonds is 6. The number of nitrogens with one attached hydrogen (secondary N) is 1. The summed E-state index contributed by atoms with van der Waals surface area (Å²) in [6.07, 6.45) is 8.44. The summed E-state index contributed by atoms with van der Waals surface area (Å²) in [6.45, 7) is 4.43. The van der Waals surface area contributed by atoms with Crippen LogP contribution < -0.4 is 5.32 Å². The van der Waals surface area contributed by atoms with Crippen LogP contribution in [0.2, 0.25) is 0 Å². The number of hydrogen-bond acceptors (Lipinski definition) is 3. The maximum Gasteiger partial charge on any atom is 0.0640 e. The Morgan fingerprint density at radius 1 is 1.53 bits per heavy atom. The summed E-state index contributed by atoms with van der Waals surface area (Å²) < 4.78 is 2.11. The molecule has 0 aliphatic carbocycles. The molecule has 0 radical (unpaired) electrons. The van der Waals surface area contributed by atoms with Gasteiger partial charge in [-0.05, 0) is 45.1 Å². The zero-order valence-electron chi connectivity index (χ0n) is 12.4. The van der Waals surface area contributed by atoms with Crippen molar-refractivity contribution in [2.75, 3.05) is 12.8 Å². The summed E-state index contributed by atoms with van der Waals surface area (Å²) >= 11 is 2.14. The van der Waals surface area contributed by atoms with Crippen molar-refractivity contribution < 1.29 is 0 Å². The topological polar surface area (TPSA) is 29.9 Å². The van der Waals surface area contributed by atoms with E-state index in [1.165, 1.54) is 30.7 Å². The highest BCUT2D eigenvalue weighted by molar-refractivity contribution is 8.00. The maximum absolute atomic E-state index is 4.73. The molecule has 1 fully saturated rings. The molecule has 1 aliphatic rings. The van der Waals surface area contributed by atoms with E-state index >= 15 is 0 Å². The van der Waals surface area contributed by atoms with Gasteiger partial charge in [0.2, 0.25) is 0 Å². The van der Waals surface area contributed by atoms with Crippen LogP contribution in [0.5, 0.6) is 0 Å². The van der Waals surface area contributed by atoms with Gasteiger partial charge in [0.05, 0.1) is 5.69 Å². The first kappa shape index (κ1) is 14.9. The van der Waals surface area contributed by atoms with Crippen LogP contribution in [0.1, 0.15) is 51.3 Å². The molecular formula is C15H27N3S. The first-order chi connectivity index (χ1) is 9.24. The first-order valence-corrected chi connectivity index (χ1v) is 8.62. The molecular weight excluding hydrogens is 254 g/mol. The fraction of sp³-hybridized carbons (Fsp3) is 0.800. The van der Waals surface area contributed by atoms with Crippen molar-refractivity contribution in [3.8, 4) is 0 Å². The lowest BCUT2D eigenvalue weighted by atomic mass is 10.0. The average Bonchev–Trinajstić information content (AvgIpc) is 2.93. The van der Waals surface area contributed by atoms with E-state index in [1.807, 2.05) is 0 Å². The van der Waals surface area contributed by atoms with Crippen LogP contribution in [-0.2, 0) is 6.42 Å². The van der Waals surface area contributed by atoms with Gasteiger partial charge >= 0.3 is 0 Å². The Hall–Kier alpha value is -0.480. The molecule has 1 N–H and O–H groups in total. The van der Waals surface area contributed by atoms with Gasteiger partial charge in [-0.3, -0.25) is 4.68 Å². The predicted octanol–water partition coefficient (Wildman–Crippen LogP) is 3.27. The van der Waals surface area contributed by atoms with Gasteiger partial charge in [0, 0.05) is 30.0 Å². The van der Waals surface area contributed by atoms with E-state index in [2.05, 4.69) is 54.9 Å². The van der Waals surface area contributed by atoms with Gasteiger partial charge in [-0.25, -0.2) is 0 Å². The minimum Gasteiger partial charge on any atom is -0.316 e. The van der Waals surface area contributed by atoms with Crippen LogP contribution in [0.15, 0.2) is 12.3 Å². The highest BCUT2D eigenvalue weighted by Gasteiger charge is 2.23. The Morgan fingerprint density at radius 2 is 2.37 bits per heavy atom. The molecule has 108 valence electrons. The SMILES string of the molecule is CCC(C)n1ccc(CC(NC)C2CCCCS2)n1. The zero-order chi connectivity index (χ0) is 13.7. The Bertz CT molecular complexity index is 371. The van der Waals surface area contributed by atoms with Crippen LogP contribution in [0.4, 0.5) is 0 Å². The molecule has 1 aromatic rings. The van der Waals surface area contributed by atoms with Gasteiger partial charge in [0.25, 0.3) is 0 Å². The summed E-state index contributed by atoms with van der Waals surface area (Å²) in [5, 5.41) is 8.99. The Kier molecular flexibility index (Phi) is 5.76. The molecule has 0 spiro atoms. The standard InChI is InChI=1S/C15H27N3S/c1-4-12(2)18-9-8-13(17-18)11-14(16-3)15-7-5-6-10-19-15/h8-9,12,14-16H,4-7,10-11H2,1-3H3. The predicted molar refractivity (Wildman–Crippen MR) is 83.9 cm³/mol. The van der Waals surface area contributed by atoms with Gasteiger partial charge in [-0.15, -0.1) is 0 Å². The van der Waals surface area contributed by atoms with E-state index < -0.39 is 0 Å². The lowest BCUT2D eigenvalue weighted by molar-refractivity contribution is 0.459. The quantitative estimate of drug-likeness (QED) is 0.868. The van der Waals surface area contributed by atoms with Crippen molar-refractivity contribution in [2.45, 2.75) is 63.3 Å². The zero-order valence-corrected chi connectivity index (χ0v) is 13.2. The average molecular weight is 281 g/mol. The summed E-state index contributed by atoms with van der Waals surface area (Å²) in [7, 11) is 2.09. The van der Waals surface area contributed by atoms with Crippen molar-refractivity contribution in [2.24, 2.45) is 0 Å². The first-order valence-electron chi connectivity index (χ1n) is 7.57. The van der Waals surface area contributed by atoms with Crippen LogP contribution in [-0.4, -0.2) is 33.9 Å². The minimum atomic E-state index is 0.505. The minimum absolute atomic E-state index is 0.505. The number of nitrogens with zero attached hydrogens (tertiary/aromatic N) is 2. The van der Waals surface area contributed by atoms with Crippen molar-refractivity contribution >= 4 is 11.8 Å². The van der Waals surface area contributed by atoms with Gasteiger partial charge in [0.1, 0.15) is 0 Å². The monoisotopic (exact) mass is 281 g/mol. The third-order valence-electron chi connectivity index (χ3n) is 4.17. The molecule has 1 aromatic heterocycles. The summed E-state index contributed by atoms with van der Waals surface area (Å²) in [5.41, 5.74) is 1.23. The van der Waals surface area contributed by atoms with Gasteiger partial charge in [0.15, 0.2) is 0 Å². The summed E-state index contributed by atoms with van der Waals surface area (Å²) in [4.78, 5) is 0. The lowest BCUT2D eigenvalue weighted by Gasteiger charge is -2.29. The molecule has 0 amide bonds. The number of hydrogen-bond donors (Lipinski definition) is 1. The van der Waals surface area contributed by atoms with E-state index in [0.29, 0.717) is 12.1 Å². The van der Waals surface area contributed by atoms with E-state index in [4.69, 9.17) is 5.10 Å². The number of aromatic nitrogens is 2. The van der Waals surface area contributed by atoms with Crippen LogP contribution in [0.3, 0.4) is 0 Å². The second kappa shape index (κ2) is 7.34. The van der Waals surface area contributed by atoms with E-state index in [-0.39, 0.29) is 0 Å². The molecule has 19 heavy (non-hydrogen) atoms. The molecule has 2 rings (SSSR count). The third-order valence-corrected chi connectivity index (χ3v) is 5.69. The lowest BCUT2D eigenvalue weighted by Crippen LogP contribution is -2.39. The molecule has 1 saturated heterocycles. The highest BCUT2D eigenvalue weighted by Crippen LogP contribution is 2.28. The Labute approximate surface area is 121 Å². The normalized spacial score (nSPS) is 23.2. The molecule has 1 aliphatic heterocycles.